The topological polar surface area (TPSA) is 155 Å². The number of alkyl halides is 3. The van der Waals surface area contributed by atoms with Gasteiger partial charge in [-0.05, 0) is 48.1 Å². The Morgan fingerprint density at radius 2 is 1.68 bits per heavy atom. The number of phenols is 1. The van der Waals surface area contributed by atoms with Crippen LogP contribution in [0.5, 0.6) is 5.75 Å². The summed E-state index contributed by atoms with van der Waals surface area (Å²) in [5, 5.41) is 22.6. The minimum absolute atomic E-state index is 0.0463. The molecule has 4 N–H and O–H groups in total. The number of Topliss-reactive ketones (excluding diaryl/α,β-unsaturated/α-hetero) is 4. The van der Waals surface area contributed by atoms with Crippen LogP contribution in [0.25, 0.3) is 11.1 Å². The molecule has 12 heteroatoms. The Bertz CT molecular complexity index is 1500. The van der Waals surface area contributed by atoms with E-state index in [1.165, 1.54) is 6.07 Å². The number of phenolic OH excluding ortho intramolecular Hbond substituents is 1. The highest BCUT2D eigenvalue weighted by molar-refractivity contribution is 6.31. The van der Waals surface area contributed by atoms with Crippen LogP contribution in [0, 0.1) is 23.7 Å². The average Bonchev–Trinajstić information content (AvgIpc) is 2.85. The van der Waals surface area contributed by atoms with E-state index >= 15 is 0 Å². The van der Waals surface area contributed by atoms with Crippen molar-refractivity contribution in [3.63, 3.8) is 0 Å². The quantitative estimate of drug-likeness (QED) is 0.484. The van der Waals surface area contributed by atoms with E-state index in [-0.39, 0.29) is 29.5 Å². The van der Waals surface area contributed by atoms with E-state index in [1.54, 1.807) is 19.0 Å². The number of nitrogens with two attached hydrogens (primary N) is 1. The van der Waals surface area contributed by atoms with Gasteiger partial charge in [-0.15, -0.1) is 0 Å². The SMILES string of the molecule is CN(C)c1cc(-c2ccc(C(F)(F)F)cc2)c(O)c2c1C[C@H]1C[C@H]3CC(=O)C(C(N)=O)C(=O)[C@@]3(O)C(=O)C1C2=O. The number of hydrogen-bond acceptors (Lipinski definition) is 8. The molecule has 40 heavy (non-hydrogen) atoms. The number of anilines is 1. The number of ketones is 4. The molecule has 0 spiro atoms. The van der Waals surface area contributed by atoms with Crippen LogP contribution in [0.2, 0.25) is 0 Å². The zero-order valence-electron chi connectivity index (χ0n) is 21.4. The van der Waals surface area contributed by atoms with Crippen molar-refractivity contribution in [1.82, 2.24) is 0 Å². The van der Waals surface area contributed by atoms with E-state index in [4.69, 9.17) is 5.73 Å². The van der Waals surface area contributed by atoms with E-state index < -0.39 is 82.2 Å². The second-order valence-electron chi connectivity index (χ2n) is 10.9. The van der Waals surface area contributed by atoms with Crippen LogP contribution in [0.1, 0.15) is 34.3 Å². The Labute approximate surface area is 225 Å². The summed E-state index contributed by atoms with van der Waals surface area (Å²) < 4.78 is 39.3. The molecule has 5 rings (SSSR count). The molecule has 3 aliphatic carbocycles. The number of rotatable bonds is 3. The van der Waals surface area contributed by atoms with Crippen LogP contribution in [-0.2, 0) is 31.8 Å². The van der Waals surface area contributed by atoms with E-state index in [0.29, 0.717) is 11.3 Å². The predicted molar refractivity (Wildman–Crippen MR) is 133 cm³/mol. The third-order valence-corrected chi connectivity index (χ3v) is 8.38. The third-order valence-electron chi connectivity index (χ3n) is 8.38. The van der Waals surface area contributed by atoms with Gasteiger partial charge in [-0.3, -0.25) is 24.0 Å². The molecule has 3 aliphatic rings. The van der Waals surface area contributed by atoms with Crippen molar-refractivity contribution < 1.29 is 47.4 Å². The highest BCUT2D eigenvalue weighted by Gasteiger charge is 2.66. The zero-order valence-corrected chi connectivity index (χ0v) is 21.4. The summed E-state index contributed by atoms with van der Waals surface area (Å²) >= 11 is 0. The second kappa shape index (κ2) is 8.98. The molecule has 2 aromatic carbocycles. The number of carbonyl (C=O) groups excluding carboxylic acids is 5. The predicted octanol–water partition coefficient (Wildman–Crippen LogP) is 2.08. The maximum absolute atomic E-state index is 13.9. The first-order chi connectivity index (χ1) is 18.6. The van der Waals surface area contributed by atoms with Gasteiger partial charge in [0.1, 0.15) is 5.75 Å². The van der Waals surface area contributed by atoms with Gasteiger partial charge in [-0.25, -0.2) is 0 Å². The fourth-order valence-electron chi connectivity index (χ4n) is 6.47. The van der Waals surface area contributed by atoms with Gasteiger partial charge in [0, 0.05) is 37.7 Å². The first kappa shape index (κ1) is 27.5. The molecule has 0 saturated heterocycles. The molecule has 0 heterocycles. The molecule has 2 aromatic rings. The van der Waals surface area contributed by atoms with Crippen LogP contribution in [0.15, 0.2) is 30.3 Å². The first-order valence-electron chi connectivity index (χ1n) is 12.5. The summed E-state index contributed by atoms with van der Waals surface area (Å²) in [6.07, 6.45) is -4.98. The lowest BCUT2D eigenvalue weighted by Crippen LogP contribution is -2.68. The molecule has 1 amide bonds. The summed E-state index contributed by atoms with van der Waals surface area (Å²) in [6.45, 7) is 0. The highest BCUT2D eigenvalue weighted by atomic mass is 19.4. The van der Waals surface area contributed by atoms with Crippen molar-refractivity contribution in [3.8, 4) is 16.9 Å². The Hall–Kier alpha value is -4.06. The smallest absolute Gasteiger partial charge is 0.416 e. The summed E-state index contributed by atoms with van der Waals surface area (Å²) in [4.78, 5) is 66.6. The van der Waals surface area contributed by atoms with Crippen molar-refractivity contribution in [1.29, 1.82) is 0 Å². The molecular weight excluding hydrogens is 533 g/mol. The molecule has 210 valence electrons. The number of halogens is 3. The standard InChI is InChI=1S/C28H25F3N2O7/c1-33(2)17-10-15(11-3-5-13(6-4-11)28(29,30)31)22(35)20-16(17)8-12-7-14-9-18(34)21(26(32)39)25(38)27(14,40)24(37)19(12)23(20)36/h3-6,10,12,14,19,21,35,40H,7-9H2,1-2H3,(H2,32,39)/t12-,14+,19?,21?,27+/m1/s1. The van der Waals surface area contributed by atoms with Gasteiger partial charge < -0.3 is 20.8 Å². The zero-order chi connectivity index (χ0) is 29.5. The molecule has 2 unspecified atom stereocenters. The molecule has 2 fully saturated rings. The fourth-order valence-corrected chi connectivity index (χ4v) is 6.47. The highest BCUT2D eigenvalue weighted by Crippen LogP contribution is 2.52. The van der Waals surface area contributed by atoms with E-state index in [0.717, 1.165) is 24.3 Å². The minimum Gasteiger partial charge on any atom is -0.507 e. The summed E-state index contributed by atoms with van der Waals surface area (Å²) in [5.74, 6) is -11.4. The van der Waals surface area contributed by atoms with Gasteiger partial charge in [-0.2, -0.15) is 13.2 Å². The summed E-state index contributed by atoms with van der Waals surface area (Å²) in [7, 11) is 3.35. The van der Waals surface area contributed by atoms with Gasteiger partial charge in [0.05, 0.1) is 17.0 Å². The number of amides is 1. The average molecular weight is 559 g/mol. The number of fused-ring (bicyclic) bond motifs is 3. The summed E-state index contributed by atoms with van der Waals surface area (Å²) in [6, 6.07) is 5.53. The molecule has 9 nitrogen and oxygen atoms in total. The van der Waals surface area contributed by atoms with E-state index in [2.05, 4.69) is 0 Å². The largest absolute Gasteiger partial charge is 0.507 e. The fraction of sp³-hybridized carbons (Fsp3) is 0.393. The van der Waals surface area contributed by atoms with Gasteiger partial charge in [0.2, 0.25) is 5.91 Å². The Balaban J connectivity index is 1.63. The lowest BCUT2D eigenvalue weighted by atomic mass is 9.53. The molecule has 0 aromatic heterocycles. The molecule has 0 aliphatic heterocycles. The molecule has 2 saturated carbocycles. The Kier molecular flexibility index (Phi) is 6.18. The number of nitrogens with zero attached hydrogens (tertiary/aromatic N) is 1. The van der Waals surface area contributed by atoms with Crippen LogP contribution in [-0.4, -0.2) is 58.9 Å². The third kappa shape index (κ3) is 3.84. The van der Waals surface area contributed by atoms with Gasteiger partial charge >= 0.3 is 6.18 Å². The van der Waals surface area contributed by atoms with E-state index in [1.807, 2.05) is 0 Å². The number of aliphatic hydroxyl groups is 1. The molecule has 0 bridgehead atoms. The van der Waals surface area contributed by atoms with Crippen LogP contribution in [0.3, 0.4) is 0 Å². The summed E-state index contributed by atoms with van der Waals surface area (Å²) in [5.41, 5.74) is 2.40. The lowest BCUT2D eigenvalue weighted by Gasteiger charge is -2.48. The van der Waals surface area contributed by atoms with Gasteiger partial charge in [-0.1, -0.05) is 12.1 Å². The van der Waals surface area contributed by atoms with Crippen molar-refractivity contribution in [2.75, 3.05) is 19.0 Å². The van der Waals surface area contributed by atoms with E-state index in [9.17, 15) is 47.4 Å². The van der Waals surface area contributed by atoms with Crippen LogP contribution >= 0.6 is 0 Å². The van der Waals surface area contributed by atoms with Crippen LogP contribution < -0.4 is 10.6 Å². The first-order valence-corrected chi connectivity index (χ1v) is 12.5. The van der Waals surface area contributed by atoms with Crippen molar-refractivity contribution >= 4 is 34.7 Å². The van der Waals surface area contributed by atoms with Crippen LogP contribution in [0.4, 0.5) is 18.9 Å². The lowest BCUT2D eigenvalue weighted by molar-refractivity contribution is -0.175. The number of primary amides is 1. The number of benzene rings is 2. The van der Waals surface area contributed by atoms with Gasteiger partial charge in [0.15, 0.2) is 34.7 Å². The molecule has 5 atom stereocenters. The number of hydrogen-bond donors (Lipinski definition) is 3. The monoisotopic (exact) mass is 558 g/mol. The van der Waals surface area contributed by atoms with Crippen molar-refractivity contribution in [2.24, 2.45) is 29.4 Å². The maximum atomic E-state index is 13.9. The van der Waals surface area contributed by atoms with Crippen molar-refractivity contribution in [3.05, 3.63) is 47.0 Å². The second-order valence-corrected chi connectivity index (χ2v) is 10.9. The Morgan fingerprint density at radius 1 is 1.05 bits per heavy atom. The van der Waals surface area contributed by atoms with Crippen molar-refractivity contribution in [2.45, 2.75) is 31.0 Å². The molecule has 0 radical (unpaired) electrons. The molecular formula is C28H25F3N2O7. The maximum Gasteiger partial charge on any atom is 0.416 e. The number of aromatic hydroxyl groups is 1. The minimum atomic E-state index is -4.58. The normalized spacial score (nSPS) is 28.1. The Morgan fingerprint density at radius 3 is 2.23 bits per heavy atom. The number of carbonyl (C=O) groups is 5. The van der Waals surface area contributed by atoms with Gasteiger partial charge in [0.25, 0.3) is 0 Å².